The molecule has 1 atom stereocenters. The third-order valence-corrected chi connectivity index (χ3v) is 5.88. The number of carboxylic acids is 1. The number of fused-ring (bicyclic) bond motifs is 2. The number of nitrogen functional groups attached to an aromatic ring is 1. The van der Waals surface area contributed by atoms with Gasteiger partial charge in [0.15, 0.2) is 0 Å². The number of carboxylic acid groups (broad SMARTS) is 1. The summed E-state index contributed by atoms with van der Waals surface area (Å²) in [7, 11) is 0. The van der Waals surface area contributed by atoms with E-state index in [1.165, 1.54) is 5.56 Å². The van der Waals surface area contributed by atoms with E-state index in [4.69, 9.17) is 10.5 Å². The van der Waals surface area contributed by atoms with Crippen LogP contribution < -0.4 is 10.5 Å². The summed E-state index contributed by atoms with van der Waals surface area (Å²) >= 11 is 0. The highest BCUT2D eigenvalue weighted by Gasteiger charge is 2.25. The van der Waals surface area contributed by atoms with Gasteiger partial charge in [-0.3, -0.25) is 4.79 Å². The van der Waals surface area contributed by atoms with Crippen molar-refractivity contribution in [3.8, 4) is 16.9 Å². The molecule has 5 rings (SSSR count). The first-order valence-electron chi connectivity index (χ1n) is 10.3. The molecule has 0 saturated carbocycles. The Labute approximate surface area is 180 Å². The van der Waals surface area contributed by atoms with Crippen molar-refractivity contribution < 1.29 is 14.6 Å². The van der Waals surface area contributed by atoms with Crippen LogP contribution >= 0.6 is 0 Å². The van der Waals surface area contributed by atoms with E-state index in [9.17, 15) is 9.90 Å². The van der Waals surface area contributed by atoms with Gasteiger partial charge in [0, 0.05) is 17.1 Å². The highest BCUT2D eigenvalue weighted by atomic mass is 16.5. The largest absolute Gasteiger partial charge is 0.485 e. The number of para-hydroxylation sites is 1. The molecule has 5 heteroatoms. The smallest absolute Gasteiger partial charge is 0.307 e. The number of rotatable bonds is 5. The summed E-state index contributed by atoms with van der Waals surface area (Å²) in [5, 5.41) is 11.2. The summed E-state index contributed by atoms with van der Waals surface area (Å²) in [6.07, 6.45) is 3.38. The van der Waals surface area contributed by atoms with Crippen LogP contribution in [-0.4, -0.2) is 16.1 Å². The summed E-state index contributed by atoms with van der Waals surface area (Å²) < 4.78 is 6.32. The SMILES string of the molecule is Nc1nccc2ccc(-c3ccc4c(c3)C(Oc3ccccc3CC(=O)O)CC4)cc12. The van der Waals surface area contributed by atoms with Crippen molar-refractivity contribution >= 4 is 22.6 Å². The third-order valence-electron chi connectivity index (χ3n) is 5.88. The van der Waals surface area contributed by atoms with Crippen LogP contribution in [0.3, 0.4) is 0 Å². The molecule has 1 aromatic heterocycles. The van der Waals surface area contributed by atoms with Crippen LogP contribution in [0.5, 0.6) is 5.75 Å². The predicted octanol–water partition coefficient (Wildman–Crippen LogP) is 5.18. The molecule has 31 heavy (non-hydrogen) atoms. The number of benzene rings is 3. The fraction of sp³-hybridized carbons (Fsp3) is 0.154. The van der Waals surface area contributed by atoms with Gasteiger partial charge in [0.25, 0.3) is 0 Å². The van der Waals surface area contributed by atoms with Crippen molar-refractivity contribution in [3.05, 3.63) is 89.6 Å². The summed E-state index contributed by atoms with van der Waals surface area (Å²) in [4.78, 5) is 15.4. The number of nitrogens with two attached hydrogens (primary N) is 1. The van der Waals surface area contributed by atoms with Gasteiger partial charge in [-0.2, -0.15) is 0 Å². The maximum absolute atomic E-state index is 11.2. The van der Waals surface area contributed by atoms with Gasteiger partial charge in [0.1, 0.15) is 17.7 Å². The molecule has 1 aliphatic rings. The highest BCUT2D eigenvalue weighted by Crippen LogP contribution is 2.39. The molecule has 3 N–H and O–H groups in total. The standard InChI is InChI=1S/C26H22N2O3/c27-26-22-14-19(8-6-17(22)11-12-28-26)18-7-5-16-9-10-24(21(16)13-18)31-23-4-2-1-3-20(23)15-25(29)30/h1-8,11-14,24H,9-10,15H2,(H2,27,28)(H,29,30). The molecule has 1 unspecified atom stereocenters. The Balaban J connectivity index is 1.48. The van der Waals surface area contributed by atoms with Gasteiger partial charge in [0.05, 0.1) is 6.42 Å². The molecule has 0 fully saturated rings. The summed E-state index contributed by atoms with van der Waals surface area (Å²) in [6.45, 7) is 0. The van der Waals surface area contributed by atoms with Crippen LogP contribution in [0.4, 0.5) is 5.82 Å². The molecule has 5 nitrogen and oxygen atoms in total. The van der Waals surface area contributed by atoms with Crippen LogP contribution in [0.15, 0.2) is 72.9 Å². The predicted molar refractivity (Wildman–Crippen MR) is 121 cm³/mol. The fourth-order valence-electron chi connectivity index (χ4n) is 4.32. The summed E-state index contributed by atoms with van der Waals surface area (Å²) in [6, 6.07) is 22.0. The van der Waals surface area contributed by atoms with E-state index in [-0.39, 0.29) is 12.5 Å². The number of aliphatic carboxylic acids is 1. The topological polar surface area (TPSA) is 85.4 Å². The first kappa shape index (κ1) is 19.1. The average molecular weight is 410 g/mol. The zero-order valence-corrected chi connectivity index (χ0v) is 16.9. The Hall–Kier alpha value is -3.86. The quantitative estimate of drug-likeness (QED) is 0.474. The number of aryl methyl sites for hydroxylation is 1. The molecule has 154 valence electrons. The zero-order chi connectivity index (χ0) is 21.4. The van der Waals surface area contributed by atoms with Gasteiger partial charge in [-0.05, 0) is 64.7 Å². The first-order chi connectivity index (χ1) is 15.1. The molecule has 0 amide bonds. The molecular formula is C26H22N2O3. The second-order valence-electron chi connectivity index (χ2n) is 7.87. The minimum atomic E-state index is -0.866. The second kappa shape index (κ2) is 7.76. The Bertz CT molecular complexity index is 1300. The number of ether oxygens (including phenoxy) is 1. The van der Waals surface area contributed by atoms with Crippen LogP contribution in [0.2, 0.25) is 0 Å². The van der Waals surface area contributed by atoms with Crippen molar-refractivity contribution in [1.82, 2.24) is 4.98 Å². The highest BCUT2D eigenvalue weighted by molar-refractivity contribution is 5.94. The molecule has 0 bridgehead atoms. The van der Waals surface area contributed by atoms with Gasteiger partial charge in [-0.25, -0.2) is 4.98 Å². The monoisotopic (exact) mass is 410 g/mol. The summed E-state index contributed by atoms with van der Waals surface area (Å²) in [5.74, 6) is 0.296. The molecule has 0 spiro atoms. The normalized spacial score (nSPS) is 15.0. The van der Waals surface area contributed by atoms with Crippen molar-refractivity contribution in [1.29, 1.82) is 0 Å². The van der Waals surface area contributed by atoms with Crippen molar-refractivity contribution in [2.45, 2.75) is 25.4 Å². The number of nitrogens with zero attached hydrogens (tertiary/aromatic N) is 1. The molecule has 1 heterocycles. The lowest BCUT2D eigenvalue weighted by atomic mass is 9.98. The van der Waals surface area contributed by atoms with Crippen molar-refractivity contribution in [3.63, 3.8) is 0 Å². The minimum Gasteiger partial charge on any atom is -0.485 e. The van der Waals surface area contributed by atoms with E-state index in [1.54, 1.807) is 6.20 Å². The van der Waals surface area contributed by atoms with Crippen LogP contribution in [0.1, 0.15) is 29.2 Å². The second-order valence-corrected chi connectivity index (χ2v) is 7.87. The van der Waals surface area contributed by atoms with Gasteiger partial charge in [0.2, 0.25) is 0 Å². The molecular weight excluding hydrogens is 388 g/mol. The molecule has 1 aliphatic carbocycles. The number of pyridine rings is 1. The van der Waals surface area contributed by atoms with Gasteiger partial charge < -0.3 is 15.6 Å². The zero-order valence-electron chi connectivity index (χ0n) is 16.9. The van der Waals surface area contributed by atoms with Crippen LogP contribution in [0.25, 0.3) is 21.9 Å². The molecule has 0 radical (unpaired) electrons. The van der Waals surface area contributed by atoms with E-state index in [2.05, 4.69) is 41.4 Å². The van der Waals surface area contributed by atoms with E-state index in [0.29, 0.717) is 17.1 Å². The fourth-order valence-corrected chi connectivity index (χ4v) is 4.32. The number of hydrogen-bond acceptors (Lipinski definition) is 4. The lowest BCUT2D eigenvalue weighted by Gasteiger charge is -2.18. The molecule has 3 aromatic carbocycles. The molecule has 0 saturated heterocycles. The van der Waals surface area contributed by atoms with Crippen LogP contribution in [-0.2, 0) is 17.6 Å². The first-order valence-corrected chi connectivity index (χ1v) is 10.3. The minimum absolute atomic E-state index is 0.0532. The van der Waals surface area contributed by atoms with Gasteiger partial charge >= 0.3 is 5.97 Å². The molecule has 4 aromatic rings. The maximum Gasteiger partial charge on any atom is 0.307 e. The van der Waals surface area contributed by atoms with Gasteiger partial charge in [-0.15, -0.1) is 0 Å². The van der Waals surface area contributed by atoms with Crippen molar-refractivity contribution in [2.24, 2.45) is 0 Å². The van der Waals surface area contributed by atoms with Gasteiger partial charge in [-0.1, -0.05) is 42.5 Å². The Morgan fingerprint density at radius 1 is 1.06 bits per heavy atom. The lowest BCUT2D eigenvalue weighted by Crippen LogP contribution is -2.08. The van der Waals surface area contributed by atoms with Crippen LogP contribution in [0, 0.1) is 0 Å². The van der Waals surface area contributed by atoms with E-state index < -0.39 is 5.97 Å². The van der Waals surface area contributed by atoms with E-state index in [1.807, 2.05) is 30.3 Å². The summed E-state index contributed by atoms with van der Waals surface area (Å²) in [5.41, 5.74) is 11.4. The Kier molecular flexibility index (Phi) is 4.79. The molecule has 0 aliphatic heterocycles. The third kappa shape index (κ3) is 3.70. The average Bonchev–Trinajstić information content (AvgIpc) is 3.17. The Morgan fingerprint density at radius 3 is 2.74 bits per heavy atom. The number of carbonyl (C=O) groups is 1. The van der Waals surface area contributed by atoms with Crippen molar-refractivity contribution in [2.75, 3.05) is 5.73 Å². The Morgan fingerprint density at radius 2 is 1.87 bits per heavy atom. The number of hydrogen-bond donors (Lipinski definition) is 2. The van der Waals surface area contributed by atoms with E-state index in [0.717, 1.165) is 40.3 Å². The number of aromatic nitrogens is 1. The lowest BCUT2D eigenvalue weighted by molar-refractivity contribution is -0.136. The van der Waals surface area contributed by atoms with E-state index >= 15 is 0 Å². The maximum atomic E-state index is 11.2. The number of anilines is 1.